The lowest BCUT2D eigenvalue weighted by molar-refractivity contribution is 0.0992. The molecule has 1 heterocycles. The lowest BCUT2D eigenvalue weighted by Gasteiger charge is -1.99. The summed E-state index contributed by atoms with van der Waals surface area (Å²) in [6.45, 7) is 0. The van der Waals surface area contributed by atoms with Gasteiger partial charge < -0.3 is 0 Å². The van der Waals surface area contributed by atoms with E-state index in [1.807, 2.05) is 0 Å². The van der Waals surface area contributed by atoms with Gasteiger partial charge in [0.05, 0.1) is 6.42 Å². The molecule has 2 nitrogen and oxygen atoms in total. The largest absolute Gasteiger partial charge is 0.294 e. The van der Waals surface area contributed by atoms with Crippen molar-refractivity contribution >= 4 is 17.1 Å². The zero-order chi connectivity index (χ0) is 11.5. The summed E-state index contributed by atoms with van der Waals surface area (Å²) in [5.74, 6) is -1.83. The Labute approximate surface area is 94.6 Å². The van der Waals surface area contributed by atoms with Crippen molar-refractivity contribution in [1.82, 2.24) is 4.98 Å². The Hall–Kier alpha value is -1.62. The minimum atomic E-state index is -0.748. The van der Waals surface area contributed by atoms with Crippen molar-refractivity contribution in [3.8, 4) is 0 Å². The molecule has 0 N–H and O–H groups in total. The summed E-state index contributed by atoms with van der Waals surface area (Å²) in [5, 5.41) is 2.38. The molecule has 0 spiro atoms. The van der Waals surface area contributed by atoms with Crippen molar-refractivity contribution in [3.63, 3.8) is 0 Å². The third kappa shape index (κ3) is 2.49. The average molecular weight is 239 g/mol. The molecule has 0 aliphatic rings. The smallest absolute Gasteiger partial charge is 0.169 e. The normalized spacial score (nSPS) is 10.4. The molecule has 0 radical (unpaired) electrons. The van der Waals surface area contributed by atoms with Crippen LogP contribution in [-0.4, -0.2) is 10.8 Å². The highest BCUT2D eigenvalue weighted by molar-refractivity contribution is 7.09. The number of nitrogens with zero attached hydrogens (tertiary/aromatic N) is 1. The van der Waals surface area contributed by atoms with Crippen LogP contribution >= 0.6 is 11.3 Å². The number of halogens is 2. The summed E-state index contributed by atoms with van der Waals surface area (Å²) in [6, 6.07) is 2.79. The van der Waals surface area contributed by atoms with Gasteiger partial charge in [-0.25, -0.2) is 13.8 Å². The molecule has 0 saturated carbocycles. The maximum atomic E-state index is 12.9. The Morgan fingerprint density at radius 3 is 2.50 bits per heavy atom. The van der Waals surface area contributed by atoms with Gasteiger partial charge in [-0.05, 0) is 12.1 Å². The second kappa shape index (κ2) is 4.49. The molecule has 1 aromatic carbocycles. The highest BCUT2D eigenvalue weighted by Crippen LogP contribution is 2.12. The number of Topliss-reactive ketones (excluding diaryl/α,β-unsaturated/α-hetero) is 1. The maximum Gasteiger partial charge on any atom is 0.169 e. The van der Waals surface area contributed by atoms with Crippen LogP contribution in [0.1, 0.15) is 15.4 Å². The second-order valence-corrected chi connectivity index (χ2v) is 4.16. The molecule has 0 aliphatic heterocycles. The molecule has 82 valence electrons. The fraction of sp³-hybridized carbons (Fsp3) is 0.0909. The minimum absolute atomic E-state index is 0.0349. The molecule has 0 fully saturated rings. The zero-order valence-electron chi connectivity index (χ0n) is 8.11. The number of carbonyl (C=O) groups is 1. The van der Waals surface area contributed by atoms with Crippen LogP contribution in [0.5, 0.6) is 0 Å². The zero-order valence-corrected chi connectivity index (χ0v) is 8.93. The Bertz CT molecular complexity index is 490. The summed E-state index contributed by atoms with van der Waals surface area (Å²) in [7, 11) is 0. The third-order valence-corrected chi connectivity index (χ3v) is 2.76. The van der Waals surface area contributed by atoms with E-state index in [0.29, 0.717) is 5.01 Å². The number of thiazole rings is 1. The quantitative estimate of drug-likeness (QED) is 0.771. The molecule has 1 aromatic heterocycles. The molecule has 2 aromatic rings. The molecule has 2 rings (SSSR count). The van der Waals surface area contributed by atoms with E-state index in [9.17, 15) is 13.6 Å². The molecule has 16 heavy (non-hydrogen) atoms. The van der Waals surface area contributed by atoms with E-state index in [1.165, 1.54) is 11.3 Å². The first-order chi connectivity index (χ1) is 7.65. The van der Waals surface area contributed by atoms with Gasteiger partial charge in [0.25, 0.3) is 0 Å². The second-order valence-electron chi connectivity index (χ2n) is 3.18. The van der Waals surface area contributed by atoms with Crippen molar-refractivity contribution in [2.24, 2.45) is 0 Å². The average Bonchev–Trinajstić information content (AvgIpc) is 2.68. The summed E-state index contributed by atoms with van der Waals surface area (Å²) in [5.41, 5.74) is 0.0349. The SMILES string of the molecule is O=C(Cc1nccs1)c1cc(F)cc(F)c1. The first-order valence-corrected chi connectivity index (χ1v) is 5.41. The first-order valence-electron chi connectivity index (χ1n) is 4.53. The molecule has 0 unspecified atom stereocenters. The van der Waals surface area contributed by atoms with Crippen molar-refractivity contribution in [1.29, 1.82) is 0 Å². The van der Waals surface area contributed by atoms with E-state index >= 15 is 0 Å². The number of hydrogen-bond acceptors (Lipinski definition) is 3. The van der Waals surface area contributed by atoms with Crippen LogP contribution in [0.15, 0.2) is 29.8 Å². The van der Waals surface area contributed by atoms with Crippen molar-refractivity contribution in [3.05, 3.63) is 52.0 Å². The van der Waals surface area contributed by atoms with E-state index in [2.05, 4.69) is 4.98 Å². The van der Waals surface area contributed by atoms with Gasteiger partial charge in [-0.2, -0.15) is 0 Å². The van der Waals surface area contributed by atoms with E-state index in [0.717, 1.165) is 18.2 Å². The summed E-state index contributed by atoms with van der Waals surface area (Å²) >= 11 is 1.33. The fourth-order valence-electron chi connectivity index (χ4n) is 1.29. The Morgan fingerprint density at radius 2 is 1.94 bits per heavy atom. The van der Waals surface area contributed by atoms with Crippen LogP contribution in [0.3, 0.4) is 0 Å². The Morgan fingerprint density at radius 1 is 1.25 bits per heavy atom. The van der Waals surface area contributed by atoms with Crippen molar-refractivity contribution < 1.29 is 13.6 Å². The van der Waals surface area contributed by atoms with Gasteiger partial charge in [0, 0.05) is 23.2 Å². The van der Waals surface area contributed by atoms with Crippen molar-refractivity contribution in [2.45, 2.75) is 6.42 Å². The number of ketones is 1. The van der Waals surface area contributed by atoms with Gasteiger partial charge in [0.15, 0.2) is 5.78 Å². The lowest BCUT2D eigenvalue weighted by Crippen LogP contribution is -2.04. The molecule has 0 bridgehead atoms. The number of carbonyl (C=O) groups excluding carboxylic acids is 1. The lowest BCUT2D eigenvalue weighted by atomic mass is 10.1. The number of rotatable bonds is 3. The van der Waals surface area contributed by atoms with Crippen LogP contribution in [0.25, 0.3) is 0 Å². The van der Waals surface area contributed by atoms with Crippen LogP contribution < -0.4 is 0 Å². The monoisotopic (exact) mass is 239 g/mol. The molecule has 5 heteroatoms. The highest BCUT2D eigenvalue weighted by atomic mass is 32.1. The van der Waals surface area contributed by atoms with E-state index in [4.69, 9.17) is 0 Å². The Balaban J connectivity index is 2.21. The maximum absolute atomic E-state index is 12.9. The molecular weight excluding hydrogens is 232 g/mol. The van der Waals surface area contributed by atoms with Gasteiger partial charge in [-0.1, -0.05) is 0 Å². The predicted molar refractivity (Wildman–Crippen MR) is 56.5 cm³/mol. The van der Waals surface area contributed by atoms with E-state index < -0.39 is 11.6 Å². The van der Waals surface area contributed by atoms with Crippen molar-refractivity contribution in [2.75, 3.05) is 0 Å². The highest BCUT2D eigenvalue weighted by Gasteiger charge is 2.11. The van der Waals surface area contributed by atoms with Crippen LogP contribution in [-0.2, 0) is 6.42 Å². The molecule has 0 amide bonds. The summed E-state index contributed by atoms with van der Waals surface area (Å²) in [6.07, 6.45) is 1.65. The van der Waals surface area contributed by atoms with Crippen LogP contribution in [0, 0.1) is 11.6 Å². The standard InChI is InChI=1S/C11H7F2NOS/c12-8-3-7(4-9(13)5-8)10(15)6-11-14-1-2-16-11/h1-5H,6H2. The third-order valence-electron chi connectivity index (χ3n) is 1.98. The van der Waals surface area contributed by atoms with Gasteiger partial charge in [0.1, 0.15) is 16.6 Å². The summed E-state index contributed by atoms with van der Waals surface area (Å²) in [4.78, 5) is 15.6. The van der Waals surface area contributed by atoms with Crippen LogP contribution in [0.2, 0.25) is 0 Å². The fourth-order valence-corrected chi connectivity index (χ4v) is 1.91. The van der Waals surface area contributed by atoms with Crippen LogP contribution in [0.4, 0.5) is 8.78 Å². The predicted octanol–water partition coefficient (Wildman–Crippen LogP) is 2.85. The van der Waals surface area contributed by atoms with Gasteiger partial charge in [-0.15, -0.1) is 11.3 Å². The number of aromatic nitrogens is 1. The van der Waals surface area contributed by atoms with Gasteiger partial charge in [0.2, 0.25) is 0 Å². The van der Waals surface area contributed by atoms with E-state index in [1.54, 1.807) is 11.6 Å². The Kier molecular flexibility index (Phi) is 3.05. The molecule has 0 aliphatic carbocycles. The molecule has 0 atom stereocenters. The topological polar surface area (TPSA) is 30.0 Å². The number of benzene rings is 1. The van der Waals surface area contributed by atoms with Gasteiger partial charge >= 0.3 is 0 Å². The van der Waals surface area contributed by atoms with Gasteiger partial charge in [-0.3, -0.25) is 4.79 Å². The van der Waals surface area contributed by atoms with E-state index in [-0.39, 0.29) is 17.8 Å². The first kappa shape index (κ1) is 10.9. The molecular formula is C11H7F2NOS. The molecule has 0 saturated heterocycles. The summed E-state index contributed by atoms with van der Waals surface area (Å²) < 4.78 is 25.7. The minimum Gasteiger partial charge on any atom is -0.294 e. The number of hydrogen-bond donors (Lipinski definition) is 0.